The first-order valence-electron chi connectivity index (χ1n) is 4.43. The third kappa shape index (κ3) is 3.64. The van der Waals surface area contributed by atoms with Crippen LogP contribution in [0.25, 0.3) is 0 Å². The van der Waals surface area contributed by atoms with Gasteiger partial charge in [0.2, 0.25) is 6.43 Å². The predicted octanol–water partition coefficient (Wildman–Crippen LogP) is 2.55. The fourth-order valence-corrected chi connectivity index (χ4v) is 2.00. The predicted molar refractivity (Wildman–Crippen MR) is 55.9 cm³/mol. The van der Waals surface area contributed by atoms with E-state index in [9.17, 15) is 8.78 Å². The number of benzene rings is 1. The lowest BCUT2D eigenvalue weighted by Crippen LogP contribution is -2.04. The van der Waals surface area contributed by atoms with Gasteiger partial charge in [-0.1, -0.05) is 18.2 Å². The van der Waals surface area contributed by atoms with E-state index in [1.165, 1.54) is 11.8 Å². The topological polar surface area (TPSA) is 26.0 Å². The molecule has 0 aliphatic rings. The maximum absolute atomic E-state index is 12.0. The van der Waals surface area contributed by atoms with Crippen LogP contribution in [0.3, 0.4) is 0 Å². The molecule has 4 heteroatoms. The molecular formula is C10H13F2NS. The van der Waals surface area contributed by atoms with E-state index in [0.29, 0.717) is 6.54 Å². The highest BCUT2D eigenvalue weighted by Gasteiger charge is 2.06. The van der Waals surface area contributed by atoms with E-state index < -0.39 is 6.43 Å². The number of halogens is 2. The molecule has 0 aliphatic heterocycles. The van der Waals surface area contributed by atoms with Gasteiger partial charge in [0.05, 0.1) is 5.75 Å². The maximum Gasteiger partial charge on any atom is 0.247 e. The Hall–Kier alpha value is -0.610. The highest BCUT2D eigenvalue weighted by Crippen LogP contribution is 2.24. The van der Waals surface area contributed by atoms with Crippen LogP contribution in [0, 0.1) is 0 Å². The van der Waals surface area contributed by atoms with E-state index in [-0.39, 0.29) is 5.75 Å². The minimum absolute atomic E-state index is 0.151. The molecule has 14 heavy (non-hydrogen) atoms. The van der Waals surface area contributed by atoms with Gasteiger partial charge in [0, 0.05) is 4.90 Å². The summed E-state index contributed by atoms with van der Waals surface area (Å²) in [4.78, 5) is 0.915. The van der Waals surface area contributed by atoms with Crippen molar-refractivity contribution in [3.05, 3.63) is 29.8 Å². The second kappa shape index (κ2) is 5.98. The first kappa shape index (κ1) is 11.5. The molecule has 0 saturated heterocycles. The quantitative estimate of drug-likeness (QED) is 0.767. The SMILES string of the molecule is NCCc1ccccc1SCC(F)F. The number of alkyl halides is 2. The molecule has 1 aromatic rings. The third-order valence-corrected chi connectivity index (χ3v) is 2.88. The Bertz CT molecular complexity index is 279. The lowest BCUT2D eigenvalue weighted by atomic mass is 10.1. The van der Waals surface area contributed by atoms with Crippen LogP contribution in [0.4, 0.5) is 8.78 Å². The Kier molecular flexibility index (Phi) is 4.90. The molecular weight excluding hydrogens is 204 g/mol. The zero-order valence-corrected chi connectivity index (χ0v) is 8.57. The van der Waals surface area contributed by atoms with Crippen molar-refractivity contribution in [2.45, 2.75) is 17.7 Å². The lowest BCUT2D eigenvalue weighted by Gasteiger charge is -2.07. The lowest BCUT2D eigenvalue weighted by molar-refractivity contribution is 0.177. The van der Waals surface area contributed by atoms with Crippen LogP contribution in [0.2, 0.25) is 0 Å². The van der Waals surface area contributed by atoms with Crippen LogP contribution in [0.15, 0.2) is 29.2 Å². The van der Waals surface area contributed by atoms with E-state index in [0.717, 1.165) is 16.9 Å². The Morgan fingerprint density at radius 3 is 2.64 bits per heavy atom. The molecule has 0 fully saturated rings. The van der Waals surface area contributed by atoms with Crippen molar-refractivity contribution in [2.75, 3.05) is 12.3 Å². The molecule has 0 spiro atoms. The molecule has 0 aromatic heterocycles. The second-order valence-electron chi connectivity index (χ2n) is 2.85. The first-order chi connectivity index (χ1) is 6.74. The summed E-state index contributed by atoms with van der Waals surface area (Å²) in [5, 5.41) is 0. The van der Waals surface area contributed by atoms with Crippen LogP contribution in [0.1, 0.15) is 5.56 Å². The molecule has 1 aromatic carbocycles. The van der Waals surface area contributed by atoms with Crippen LogP contribution >= 0.6 is 11.8 Å². The van der Waals surface area contributed by atoms with Gasteiger partial charge < -0.3 is 5.73 Å². The van der Waals surface area contributed by atoms with Crippen molar-refractivity contribution in [1.82, 2.24) is 0 Å². The zero-order valence-electron chi connectivity index (χ0n) is 7.75. The zero-order chi connectivity index (χ0) is 10.4. The molecule has 0 radical (unpaired) electrons. The molecule has 78 valence electrons. The fraction of sp³-hybridized carbons (Fsp3) is 0.400. The van der Waals surface area contributed by atoms with Crippen molar-refractivity contribution >= 4 is 11.8 Å². The molecule has 0 heterocycles. The summed E-state index contributed by atoms with van der Waals surface area (Å²) in [6.45, 7) is 0.548. The van der Waals surface area contributed by atoms with Crippen molar-refractivity contribution < 1.29 is 8.78 Å². The minimum atomic E-state index is -2.26. The molecule has 0 atom stereocenters. The Balaban J connectivity index is 2.64. The van der Waals surface area contributed by atoms with Crippen LogP contribution in [-0.4, -0.2) is 18.7 Å². The fourth-order valence-electron chi connectivity index (χ4n) is 1.16. The Morgan fingerprint density at radius 2 is 2.00 bits per heavy atom. The highest BCUT2D eigenvalue weighted by atomic mass is 32.2. The summed E-state index contributed by atoms with van der Waals surface area (Å²) in [5.41, 5.74) is 6.48. The average Bonchev–Trinajstić information content (AvgIpc) is 2.17. The molecule has 0 saturated carbocycles. The smallest absolute Gasteiger partial charge is 0.247 e. The summed E-state index contributed by atoms with van der Waals surface area (Å²) >= 11 is 1.19. The van der Waals surface area contributed by atoms with E-state index in [4.69, 9.17) is 5.73 Å². The summed E-state index contributed by atoms with van der Waals surface area (Å²) in [5.74, 6) is -0.151. The van der Waals surface area contributed by atoms with Gasteiger partial charge in [0.15, 0.2) is 0 Å². The van der Waals surface area contributed by atoms with Gasteiger partial charge in [-0.2, -0.15) is 0 Å². The van der Waals surface area contributed by atoms with Crippen molar-refractivity contribution in [1.29, 1.82) is 0 Å². The second-order valence-corrected chi connectivity index (χ2v) is 3.91. The molecule has 1 rings (SSSR count). The van der Waals surface area contributed by atoms with Gasteiger partial charge in [0.25, 0.3) is 0 Å². The standard InChI is InChI=1S/C10H13F2NS/c11-10(12)7-14-9-4-2-1-3-8(9)5-6-13/h1-4,10H,5-7,13H2. The molecule has 0 bridgehead atoms. The monoisotopic (exact) mass is 217 g/mol. The molecule has 0 aliphatic carbocycles. The van der Waals surface area contributed by atoms with Crippen molar-refractivity contribution in [3.63, 3.8) is 0 Å². The molecule has 1 nitrogen and oxygen atoms in total. The highest BCUT2D eigenvalue weighted by molar-refractivity contribution is 7.99. The number of hydrogen-bond acceptors (Lipinski definition) is 2. The van der Waals surface area contributed by atoms with Crippen molar-refractivity contribution in [3.8, 4) is 0 Å². The van der Waals surface area contributed by atoms with Gasteiger partial charge >= 0.3 is 0 Å². The summed E-state index contributed by atoms with van der Waals surface area (Å²) < 4.78 is 24.0. The van der Waals surface area contributed by atoms with Gasteiger partial charge in [0.1, 0.15) is 0 Å². The molecule has 0 amide bonds. The number of thioether (sulfide) groups is 1. The summed E-state index contributed by atoms with van der Waals surface area (Å²) in [7, 11) is 0. The van der Waals surface area contributed by atoms with E-state index >= 15 is 0 Å². The summed E-state index contributed by atoms with van der Waals surface area (Å²) in [6.07, 6.45) is -1.52. The maximum atomic E-state index is 12.0. The summed E-state index contributed by atoms with van der Waals surface area (Å²) in [6, 6.07) is 7.55. The largest absolute Gasteiger partial charge is 0.330 e. The van der Waals surface area contributed by atoms with E-state index in [1.54, 1.807) is 0 Å². The van der Waals surface area contributed by atoms with E-state index in [1.807, 2.05) is 24.3 Å². The Labute approximate surface area is 86.7 Å². The molecule has 2 N–H and O–H groups in total. The number of hydrogen-bond donors (Lipinski definition) is 1. The van der Waals surface area contributed by atoms with Crippen LogP contribution in [-0.2, 0) is 6.42 Å². The normalized spacial score (nSPS) is 10.9. The third-order valence-electron chi connectivity index (χ3n) is 1.75. The van der Waals surface area contributed by atoms with Crippen LogP contribution in [0.5, 0.6) is 0 Å². The van der Waals surface area contributed by atoms with Gasteiger partial charge in [-0.15, -0.1) is 11.8 Å². The Morgan fingerprint density at radius 1 is 1.29 bits per heavy atom. The van der Waals surface area contributed by atoms with Gasteiger partial charge in [-0.05, 0) is 24.6 Å². The first-order valence-corrected chi connectivity index (χ1v) is 5.41. The van der Waals surface area contributed by atoms with E-state index in [2.05, 4.69) is 0 Å². The van der Waals surface area contributed by atoms with Crippen molar-refractivity contribution in [2.24, 2.45) is 5.73 Å². The minimum Gasteiger partial charge on any atom is -0.330 e. The number of rotatable bonds is 5. The van der Waals surface area contributed by atoms with Gasteiger partial charge in [-0.3, -0.25) is 0 Å². The molecule has 0 unspecified atom stereocenters. The average molecular weight is 217 g/mol. The number of nitrogens with two attached hydrogens (primary N) is 1. The van der Waals surface area contributed by atoms with Crippen LogP contribution < -0.4 is 5.73 Å². The van der Waals surface area contributed by atoms with Gasteiger partial charge in [-0.25, -0.2) is 8.78 Å².